The van der Waals surface area contributed by atoms with E-state index < -0.39 is 24.5 Å². The molecule has 1 aromatic carbocycles. The summed E-state index contributed by atoms with van der Waals surface area (Å²) >= 11 is 0. The van der Waals surface area contributed by atoms with Crippen LogP contribution in [0.4, 0.5) is 4.79 Å². The zero-order valence-corrected chi connectivity index (χ0v) is 11.9. The molecule has 0 radical (unpaired) electrons. The average molecular weight is 316 g/mol. The number of nitrogens with one attached hydrogen (secondary N) is 1. The van der Waals surface area contributed by atoms with Crippen molar-refractivity contribution < 1.29 is 23.5 Å². The molecular weight excluding hydrogens is 304 g/mol. The average Bonchev–Trinajstić information content (AvgIpc) is 2.98. The van der Waals surface area contributed by atoms with Gasteiger partial charge >= 0.3 is 12.0 Å². The molecule has 3 rings (SSSR count). The minimum atomic E-state index is -0.944. The summed E-state index contributed by atoms with van der Waals surface area (Å²) in [4.78, 5) is 47.8. The highest BCUT2D eigenvalue weighted by Gasteiger charge is 2.27. The van der Waals surface area contributed by atoms with Gasteiger partial charge in [0.2, 0.25) is 5.76 Å². The van der Waals surface area contributed by atoms with E-state index in [1.165, 1.54) is 0 Å². The van der Waals surface area contributed by atoms with Gasteiger partial charge in [0, 0.05) is 19.2 Å². The number of ether oxygens (including phenoxy) is 1. The van der Waals surface area contributed by atoms with Crippen molar-refractivity contribution in [2.75, 3.05) is 19.7 Å². The Hall–Kier alpha value is -3.16. The molecule has 1 fully saturated rings. The van der Waals surface area contributed by atoms with Crippen LogP contribution in [0.5, 0.6) is 0 Å². The van der Waals surface area contributed by atoms with E-state index in [0.717, 1.165) is 11.0 Å². The molecule has 8 nitrogen and oxygen atoms in total. The SMILES string of the molecule is O=C(OCC(=O)N1CCNC1=O)c1cc(=O)c2ccccc2o1. The first-order valence-electron chi connectivity index (χ1n) is 6.84. The van der Waals surface area contributed by atoms with Gasteiger partial charge < -0.3 is 14.5 Å². The van der Waals surface area contributed by atoms with Gasteiger partial charge in [-0.2, -0.15) is 0 Å². The third-order valence-corrected chi connectivity index (χ3v) is 3.32. The summed E-state index contributed by atoms with van der Waals surface area (Å²) in [5, 5.41) is 2.80. The minimum absolute atomic E-state index is 0.222. The van der Waals surface area contributed by atoms with Crippen molar-refractivity contribution in [3.63, 3.8) is 0 Å². The number of benzene rings is 1. The van der Waals surface area contributed by atoms with Gasteiger partial charge in [-0.15, -0.1) is 0 Å². The normalized spacial score (nSPS) is 13.9. The monoisotopic (exact) mass is 316 g/mol. The van der Waals surface area contributed by atoms with Crippen LogP contribution < -0.4 is 10.7 Å². The number of rotatable bonds is 3. The first-order valence-corrected chi connectivity index (χ1v) is 6.84. The van der Waals surface area contributed by atoms with Gasteiger partial charge in [0.05, 0.1) is 5.39 Å². The molecule has 0 atom stereocenters. The Kier molecular flexibility index (Phi) is 3.80. The predicted octanol–water partition coefficient (Wildman–Crippen LogP) is 0.502. The zero-order valence-electron chi connectivity index (χ0n) is 11.9. The number of urea groups is 1. The molecule has 1 aromatic heterocycles. The van der Waals surface area contributed by atoms with Crippen LogP contribution in [0.2, 0.25) is 0 Å². The largest absolute Gasteiger partial charge is 0.450 e. The van der Waals surface area contributed by atoms with Gasteiger partial charge in [0.1, 0.15) is 5.58 Å². The summed E-state index contributed by atoms with van der Waals surface area (Å²) in [6, 6.07) is 6.95. The van der Waals surface area contributed by atoms with Crippen LogP contribution in [0.15, 0.2) is 39.5 Å². The molecule has 0 unspecified atom stereocenters. The fourth-order valence-electron chi connectivity index (χ4n) is 2.19. The fourth-order valence-corrected chi connectivity index (χ4v) is 2.19. The first kappa shape index (κ1) is 14.8. The van der Waals surface area contributed by atoms with Crippen molar-refractivity contribution in [1.29, 1.82) is 0 Å². The zero-order chi connectivity index (χ0) is 16.4. The molecule has 0 bridgehead atoms. The second kappa shape index (κ2) is 5.91. The topological polar surface area (TPSA) is 106 Å². The summed E-state index contributed by atoms with van der Waals surface area (Å²) in [6.45, 7) is -0.0267. The van der Waals surface area contributed by atoms with E-state index in [2.05, 4.69) is 5.32 Å². The van der Waals surface area contributed by atoms with Crippen LogP contribution in [0.1, 0.15) is 10.6 Å². The van der Waals surface area contributed by atoms with E-state index >= 15 is 0 Å². The third kappa shape index (κ3) is 2.91. The van der Waals surface area contributed by atoms with Crippen LogP contribution in [0.25, 0.3) is 11.0 Å². The number of esters is 1. The molecule has 23 heavy (non-hydrogen) atoms. The quantitative estimate of drug-likeness (QED) is 0.827. The molecular formula is C15H12N2O6. The molecule has 2 aromatic rings. The van der Waals surface area contributed by atoms with Crippen molar-refractivity contribution in [3.8, 4) is 0 Å². The van der Waals surface area contributed by atoms with Gasteiger partial charge in [-0.3, -0.25) is 14.5 Å². The second-order valence-electron chi connectivity index (χ2n) is 4.82. The number of hydrogen-bond donors (Lipinski definition) is 1. The Morgan fingerprint density at radius 1 is 1.26 bits per heavy atom. The maximum Gasteiger partial charge on any atom is 0.374 e. The summed E-state index contributed by atoms with van der Waals surface area (Å²) in [6.07, 6.45) is 0. The lowest BCUT2D eigenvalue weighted by atomic mass is 10.2. The standard InChI is InChI=1S/C15H12N2O6/c18-10-7-12(23-11-4-2-1-3-9(10)11)14(20)22-8-13(19)17-6-5-16-15(17)21/h1-4,7H,5-6,8H2,(H,16,21). The Labute approximate surface area is 129 Å². The molecule has 3 amide bonds. The molecule has 0 saturated carbocycles. The molecule has 8 heteroatoms. The van der Waals surface area contributed by atoms with Crippen molar-refractivity contribution in [3.05, 3.63) is 46.3 Å². The molecule has 118 valence electrons. The number of fused-ring (bicyclic) bond motifs is 1. The van der Waals surface area contributed by atoms with Crippen molar-refractivity contribution in [1.82, 2.24) is 10.2 Å². The van der Waals surface area contributed by atoms with Gasteiger partial charge in [-0.25, -0.2) is 9.59 Å². The Morgan fingerprint density at radius 3 is 2.78 bits per heavy atom. The summed E-state index contributed by atoms with van der Waals surface area (Å²) in [7, 11) is 0. The third-order valence-electron chi connectivity index (χ3n) is 3.32. The van der Waals surface area contributed by atoms with Gasteiger partial charge in [-0.1, -0.05) is 12.1 Å². The highest BCUT2D eigenvalue weighted by Crippen LogP contribution is 2.12. The number of hydrogen-bond acceptors (Lipinski definition) is 6. The van der Waals surface area contributed by atoms with Crippen LogP contribution in [0, 0.1) is 0 Å². The van der Waals surface area contributed by atoms with Gasteiger partial charge in [-0.05, 0) is 12.1 Å². The van der Waals surface area contributed by atoms with Gasteiger partial charge in [0.15, 0.2) is 12.0 Å². The molecule has 0 aliphatic carbocycles. The number of carbonyl (C=O) groups is 3. The smallest absolute Gasteiger partial charge is 0.374 e. The van der Waals surface area contributed by atoms with Crippen LogP contribution in [0.3, 0.4) is 0 Å². The summed E-state index contributed by atoms with van der Waals surface area (Å²) in [5.74, 6) is -1.88. The molecule has 2 heterocycles. The van der Waals surface area contributed by atoms with E-state index in [0.29, 0.717) is 11.9 Å². The Balaban J connectivity index is 1.72. The lowest BCUT2D eigenvalue weighted by Gasteiger charge is -2.11. The fraction of sp³-hybridized carbons (Fsp3) is 0.200. The first-order chi connectivity index (χ1) is 11.1. The lowest BCUT2D eigenvalue weighted by Crippen LogP contribution is -2.37. The van der Waals surface area contributed by atoms with Crippen LogP contribution in [-0.4, -0.2) is 42.5 Å². The highest BCUT2D eigenvalue weighted by molar-refractivity contribution is 5.97. The highest BCUT2D eigenvalue weighted by atomic mass is 16.5. The van der Waals surface area contributed by atoms with Crippen LogP contribution >= 0.6 is 0 Å². The number of carbonyl (C=O) groups excluding carboxylic acids is 3. The minimum Gasteiger partial charge on any atom is -0.450 e. The van der Waals surface area contributed by atoms with Gasteiger partial charge in [0.25, 0.3) is 5.91 Å². The van der Waals surface area contributed by atoms with Crippen molar-refractivity contribution >= 4 is 28.9 Å². The Morgan fingerprint density at radius 2 is 2.04 bits per heavy atom. The van der Waals surface area contributed by atoms with E-state index in [4.69, 9.17) is 9.15 Å². The molecule has 1 N–H and O–H groups in total. The molecule has 1 aliphatic rings. The molecule has 1 saturated heterocycles. The number of nitrogens with zero attached hydrogens (tertiary/aromatic N) is 1. The van der Waals surface area contributed by atoms with E-state index in [1.54, 1.807) is 24.3 Å². The Bertz CT molecular complexity index is 856. The van der Waals surface area contributed by atoms with E-state index in [9.17, 15) is 19.2 Å². The maximum absolute atomic E-state index is 11.9. The van der Waals surface area contributed by atoms with E-state index in [1.807, 2.05) is 0 Å². The lowest BCUT2D eigenvalue weighted by molar-refractivity contribution is -0.130. The predicted molar refractivity (Wildman–Crippen MR) is 77.9 cm³/mol. The summed E-state index contributed by atoms with van der Waals surface area (Å²) in [5.41, 5.74) is -0.138. The second-order valence-corrected chi connectivity index (χ2v) is 4.82. The summed E-state index contributed by atoms with van der Waals surface area (Å²) < 4.78 is 10.1. The molecule has 1 aliphatic heterocycles. The maximum atomic E-state index is 11.9. The van der Waals surface area contributed by atoms with E-state index in [-0.39, 0.29) is 23.3 Å². The number of imide groups is 1. The number of amides is 3. The molecule has 0 spiro atoms. The van der Waals surface area contributed by atoms with Crippen LogP contribution in [-0.2, 0) is 9.53 Å². The van der Waals surface area contributed by atoms with Crippen molar-refractivity contribution in [2.45, 2.75) is 0 Å². The number of para-hydroxylation sites is 1. The van der Waals surface area contributed by atoms with Crippen molar-refractivity contribution in [2.24, 2.45) is 0 Å².